The van der Waals surface area contributed by atoms with Gasteiger partial charge in [-0.05, 0) is 38.5 Å². The number of hydrogen-bond donors (Lipinski definition) is 2. The lowest BCUT2D eigenvalue weighted by Gasteiger charge is -2.28. The number of unbranched alkanes of at least 4 members (excludes halogenated alkanes) is 2. The van der Waals surface area contributed by atoms with E-state index in [9.17, 15) is 9.59 Å². The molecule has 1 aliphatic heterocycles. The van der Waals surface area contributed by atoms with Crippen LogP contribution in [-0.2, 0) is 14.3 Å². The van der Waals surface area contributed by atoms with Crippen LogP contribution in [0.25, 0.3) is 0 Å². The molecule has 1 aliphatic rings. The summed E-state index contributed by atoms with van der Waals surface area (Å²) in [5.74, 6) is 0.329. The summed E-state index contributed by atoms with van der Waals surface area (Å²) in [7, 11) is 1.40. The van der Waals surface area contributed by atoms with Crippen LogP contribution in [0.15, 0.2) is 0 Å². The van der Waals surface area contributed by atoms with Crippen molar-refractivity contribution in [3.05, 3.63) is 0 Å². The third-order valence-corrected chi connectivity index (χ3v) is 3.90. The minimum absolute atomic E-state index is 0.109. The molecule has 6 heteroatoms. The van der Waals surface area contributed by atoms with Gasteiger partial charge >= 0.3 is 12.0 Å². The molecular formula is C15H28N2O4. The zero-order valence-electron chi connectivity index (χ0n) is 13.2. The van der Waals surface area contributed by atoms with Gasteiger partial charge in [-0.15, -0.1) is 0 Å². The molecule has 0 aromatic rings. The Hall–Kier alpha value is -1.30. The predicted molar refractivity (Wildman–Crippen MR) is 80.0 cm³/mol. The summed E-state index contributed by atoms with van der Waals surface area (Å²) >= 11 is 0. The number of nitrogens with one attached hydrogen (secondary N) is 2. The Bertz CT molecular complexity index is 317. The fourth-order valence-corrected chi connectivity index (χ4v) is 2.47. The SMILES string of the molecule is COC(=O)CCCCCNC(=O)N[C@H](C)C1CCOCC1. The van der Waals surface area contributed by atoms with E-state index in [2.05, 4.69) is 15.4 Å². The second-order valence-corrected chi connectivity index (χ2v) is 5.53. The van der Waals surface area contributed by atoms with Gasteiger partial charge in [0.1, 0.15) is 0 Å². The Labute approximate surface area is 126 Å². The van der Waals surface area contributed by atoms with E-state index < -0.39 is 0 Å². The highest BCUT2D eigenvalue weighted by Crippen LogP contribution is 2.18. The molecule has 0 unspecified atom stereocenters. The van der Waals surface area contributed by atoms with Crippen LogP contribution < -0.4 is 10.6 Å². The lowest BCUT2D eigenvalue weighted by molar-refractivity contribution is -0.140. The molecule has 0 spiro atoms. The molecule has 21 heavy (non-hydrogen) atoms. The molecule has 0 aromatic heterocycles. The molecule has 1 fully saturated rings. The molecule has 1 atom stereocenters. The van der Waals surface area contributed by atoms with Gasteiger partial charge in [0, 0.05) is 32.2 Å². The van der Waals surface area contributed by atoms with Crippen LogP contribution in [-0.4, -0.2) is 44.9 Å². The number of esters is 1. The molecule has 1 heterocycles. The number of amides is 2. The van der Waals surface area contributed by atoms with Crippen LogP contribution in [0.5, 0.6) is 0 Å². The van der Waals surface area contributed by atoms with E-state index in [1.807, 2.05) is 6.92 Å². The van der Waals surface area contributed by atoms with Crippen molar-refractivity contribution < 1.29 is 19.1 Å². The van der Waals surface area contributed by atoms with Crippen LogP contribution in [0.3, 0.4) is 0 Å². The van der Waals surface area contributed by atoms with Gasteiger partial charge in [0.05, 0.1) is 7.11 Å². The fourth-order valence-electron chi connectivity index (χ4n) is 2.47. The molecule has 1 rings (SSSR count). The Morgan fingerprint density at radius 2 is 1.95 bits per heavy atom. The van der Waals surface area contributed by atoms with Crippen molar-refractivity contribution in [3.8, 4) is 0 Å². The van der Waals surface area contributed by atoms with Gasteiger partial charge in [-0.25, -0.2) is 4.79 Å². The van der Waals surface area contributed by atoms with Crippen LogP contribution in [0, 0.1) is 5.92 Å². The molecule has 1 saturated heterocycles. The maximum absolute atomic E-state index is 11.8. The first-order valence-corrected chi connectivity index (χ1v) is 7.82. The highest BCUT2D eigenvalue weighted by Gasteiger charge is 2.21. The van der Waals surface area contributed by atoms with Crippen LogP contribution in [0.4, 0.5) is 4.79 Å². The van der Waals surface area contributed by atoms with Crippen LogP contribution >= 0.6 is 0 Å². The summed E-state index contributed by atoms with van der Waals surface area (Å²) in [5.41, 5.74) is 0. The van der Waals surface area contributed by atoms with Gasteiger partial charge in [-0.2, -0.15) is 0 Å². The molecule has 2 N–H and O–H groups in total. The summed E-state index contributed by atoms with van der Waals surface area (Å²) in [6, 6.07) is 0.0650. The lowest BCUT2D eigenvalue weighted by Crippen LogP contribution is -2.45. The van der Waals surface area contributed by atoms with E-state index >= 15 is 0 Å². The highest BCUT2D eigenvalue weighted by atomic mass is 16.5. The minimum atomic E-state index is -0.175. The highest BCUT2D eigenvalue weighted by molar-refractivity contribution is 5.74. The van der Waals surface area contributed by atoms with E-state index in [0.717, 1.165) is 45.3 Å². The fraction of sp³-hybridized carbons (Fsp3) is 0.867. The number of ether oxygens (including phenoxy) is 2. The first kappa shape index (κ1) is 17.8. The Morgan fingerprint density at radius 3 is 2.62 bits per heavy atom. The quantitative estimate of drug-likeness (QED) is 0.529. The van der Waals surface area contributed by atoms with Crippen molar-refractivity contribution in [3.63, 3.8) is 0 Å². The molecule has 0 aromatic carbocycles. The van der Waals surface area contributed by atoms with Crippen molar-refractivity contribution in [2.24, 2.45) is 5.92 Å². The molecule has 0 radical (unpaired) electrons. The molecule has 122 valence electrons. The Kier molecular flexibility index (Phi) is 8.82. The number of methoxy groups -OCH3 is 1. The number of carbonyl (C=O) groups excluding carboxylic acids is 2. The van der Waals surface area contributed by atoms with E-state index in [1.54, 1.807) is 0 Å². The summed E-state index contributed by atoms with van der Waals surface area (Å²) in [4.78, 5) is 22.7. The van der Waals surface area contributed by atoms with Gasteiger partial charge in [-0.1, -0.05) is 6.42 Å². The topological polar surface area (TPSA) is 76.7 Å². The van der Waals surface area contributed by atoms with Crippen molar-refractivity contribution in [1.82, 2.24) is 10.6 Å². The number of hydrogen-bond acceptors (Lipinski definition) is 4. The predicted octanol–water partition coefficient (Wildman–Crippen LogP) is 1.83. The maximum atomic E-state index is 11.8. The van der Waals surface area contributed by atoms with Gasteiger partial charge in [0.15, 0.2) is 0 Å². The zero-order valence-corrected chi connectivity index (χ0v) is 13.2. The number of urea groups is 1. The maximum Gasteiger partial charge on any atom is 0.315 e. The third kappa shape index (κ3) is 7.90. The molecule has 0 aliphatic carbocycles. The summed E-state index contributed by atoms with van der Waals surface area (Å²) in [5, 5.41) is 5.85. The number of carbonyl (C=O) groups is 2. The first-order valence-electron chi connectivity index (χ1n) is 7.82. The van der Waals surface area contributed by atoms with Gasteiger partial charge in [-0.3, -0.25) is 4.79 Å². The molecule has 0 saturated carbocycles. The van der Waals surface area contributed by atoms with Crippen LogP contribution in [0.2, 0.25) is 0 Å². The van der Waals surface area contributed by atoms with Crippen LogP contribution in [0.1, 0.15) is 45.4 Å². The number of rotatable bonds is 8. The first-order chi connectivity index (χ1) is 10.1. The van der Waals surface area contributed by atoms with Crippen molar-refractivity contribution in [2.75, 3.05) is 26.9 Å². The van der Waals surface area contributed by atoms with E-state index in [1.165, 1.54) is 7.11 Å². The molecular weight excluding hydrogens is 272 g/mol. The second-order valence-electron chi connectivity index (χ2n) is 5.53. The normalized spacial score (nSPS) is 17.0. The molecule has 0 bridgehead atoms. The van der Waals surface area contributed by atoms with Crippen molar-refractivity contribution in [2.45, 2.75) is 51.5 Å². The van der Waals surface area contributed by atoms with Gasteiger partial charge in [0.2, 0.25) is 0 Å². The lowest BCUT2D eigenvalue weighted by atomic mass is 9.93. The van der Waals surface area contributed by atoms with E-state index in [4.69, 9.17) is 4.74 Å². The Balaban J connectivity index is 2.01. The van der Waals surface area contributed by atoms with Gasteiger partial charge < -0.3 is 20.1 Å². The average Bonchev–Trinajstić information content (AvgIpc) is 2.51. The van der Waals surface area contributed by atoms with E-state index in [0.29, 0.717) is 18.9 Å². The molecule has 6 nitrogen and oxygen atoms in total. The summed E-state index contributed by atoms with van der Waals surface area (Å²) in [6.45, 7) is 4.26. The largest absolute Gasteiger partial charge is 0.469 e. The standard InChI is InChI=1S/C15H28N2O4/c1-12(13-7-10-21-11-8-13)17-15(19)16-9-5-3-4-6-14(18)20-2/h12-13H,3-11H2,1-2H3,(H2,16,17,19)/t12-/m1/s1. The smallest absolute Gasteiger partial charge is 0.315 e. The average molecular weight is 300 g/mol. The molecule has 2 amide bonds. The third-order valence-electron chi connectivity index (χ3n) is 3.90. The zero-order chi connectivity index (χ0) is 15.5. The van der Waals surface area contributed by atoms with Gasteiger partial charge in [0.25, 0.3) is 0 Å². The Morgan fingerprint density at radius 1 is 1.24 bits per heavy atom. The second kappa shape index (κ2) is 10.4. The summed E-state index contributed by atoms with van der Waals surface area (Å²) < 4.78 is 9.89. The van der Waals surface area contributed by atoms with Crippen molar-refractivity contribution in [1.29, 1.82) is 0 Å². The van der Waals surface area contributed by atoms with Crippen molar-refractivity contribution >= 4 is 12.0 Å². The monoisotopic (exact) mass is 300 g/mol. The minimum Gasteiger partial charge on any atom is -0.469 e. The summed E-state index contributed by atoms with van der Waals surface area (Å²) in [6.07, 6.45) is 5.04. The van der Waals surface area contributed by atoms with E-state index in [-0.39, 0.29) is 18.0 Å².